The number of anilines is 1. The van der Waals surface area contributed by atoms with Gasteiger partial charge >= 0.3 is 0 Å². The molecule has 0 spiro atoms. The Morgan fingerprint density at radius 2 is 1.74 bits per heavy atom. The van der Waals surface area contributed by atoms with Crippen LogP contribution in [0.3, 0.4) is 0 Å². The Morgan fingerprint density at radius 3 is 2.48 bits per heavy atom. The number of nitrogens with one attached hydrogen (secondary N) is 1. The van der Waals surface area contributed by atoms with Gasteiger partial charge in [0.2, 0.25) is 0 Å². The minimum absolute atomic E-state index is 0. The zero-order valence-electron chi connectivity index (χ0n) is 15.0. The molecule has 0 fully saturated rings. The summed E-state index contributed by atoms with van der Waals surface area (Å²) in [5, 5.41) is 4.22. The molecule has 27 heavy (non-hydrogen) atoms. The maximum atomic E-state index is 5.88. The van der Waals surface area contributed by atoms with Crippen LogP contribution in [0.4, 0.5) is 5.69 Å². The summed E-state index contributed by atoms with van der Waals surface area (Å²) in [4.78, 5) is 3.97. The highest BCUT2D eigenvalue weighted by atomic mass is 35.5. The fraction of sp³-hybridized carbons (Fsp3) is 0.143. The standard InChI is InChI=1S/C21H21N3O2.ClH/c1-25-21-15-17(9-14-23-24-19-10-12-22-13-11-19)7-8-20(21)26-16-18-5-3-2-4-6-18;/h2-8,10-15H,9,16H2,1H3,(H,22,24);1H. The lowest BCUT2D eigenvalue weighted by Crippen LogP contribution is -1.99. The number of benzene rings is 2. The molecule has 0 aliphatic carbocycles. The Kier molecular flexibility index (Phi) is 8.13. The van der Waals surface area contributed by atoms with Gasteiger partial charge < -0.3 is 9.47 Å². The second kappa shape index (κ2) is 10.8. The van der Waals surface area contributed by atoms with Crippen LogP contribution in [0.1, 0.15) is 11.1 Å². The van der Waals surface area contributed by atoms with Crippen molar-refractivity contribution in [1.82, 2.24) is 4.98 Å². The number of methoxy groups -OCH3 is 1. The van der Waals surface area contributed by atoms with Crippen LogP contribution in [-0.2, 0) is 13.0 Å². The van der Waals surface area contributed by atoms with Crippen molar-refractivity contribution in [2.24, 2.45) is 5.10 Å². The van der Waals surface area contributed by atoms with Gasteiger partial charge in [0.1, 0.15) is 6.61 Å². The zero-order valence-corrected chi connectivity index (χ0v) is 15.9. The summed E-state index contributed by atoms with van der Waals surface area (Å²) < 4.78 is 11.3. The van der Waals surface area contributed by atoms with Gasteiger partial charge in [-0.2, -0.15) is 5.10 Å². The molecule has 1 aromatic heterocycles. The Balaban J connectivity index is 0.00000261. The van der Waals surface area contributed by atoms with E-state index in [4.69, 9.17) is 9.47 Å². The summed E-state index contributed by atoms with van der Waals surface area (Å²) in [5.41, 5.74) is 6.08. The molecule has 2 aromatic carbocycles. The van der Waals surface area contributed by atoms with Crippen molar-refractivity contribution in [2.45, 2.75) is 13.0 Å². The van der Waals surface area contributed by atoms with E-state index in [1.807, 2.05) is 66.9 Å². The third-order valence-electron chi connectivity index (χ3n) is 3.76. The summed E-state index contributed by atoms with van der Waals surface area (Å²) in [6.07, 6.45) is 5.95. The van der Waals surface area contributed by atoms with Crippen LogP contribution in [0.15, 0.2) is 78.2 Å². The number of aromatic nitrogens is 1. The monoisotopic (exact) mass is 383 g/mol. The predicted octanol–water partition coefficient (Wildman–Crippen LogP) is 4.73. The molecule has 0 radical (unpaired) electrons. The van der Waals surface area contributed by atoms with E-state index in [0.717, 1.165) is 22.6 Å². The Labute approximate surface area is 165 Å². The van der Waals surface area contributed by atoms with Gasteiger partial charge in [-0.25, -0.2) is 0 Å². The van der Waals surface area contributed by atoms with Crippen LogP contribution in [0.5, 0.6) is 11.5 Å². The first-order valence-electron chi connectivity index (χ1n) is 8.36. The van der Waals surface area contributed by atoms with Crippen LogP contribution in [0.25, 0.3) is 0 Å². The molecule has 0 bridgehead atoms. The fourth-order valence-corrected chi connectivity index (χ4v) is 2.39. The van der Waals surface area contributed by atoms with E-state index in [9.17, 15) is 0 Å². The molecule has 1 N–H and O–H groups in total. The molecule has 0 amide bonds. The molecule has 5 nitrogen and oxygen atoms in total. The normalized spacial score (nSPS) is 10.3. The highest BCUT2D eigenvalue weighted by molar-refractivity contribution is 5.85. The molecule has 0 aliphatic heterocycles. The molecule has 0 saturated heterocycles. The largest absolute Gasteiger partial charge is 0.493 e. The number of ether oxygens (including phenoxy) is 2. The third-order valence-corrected chi connectivity index (χ3v) is 3.76. The number of halogens is 1. The molecule has 3 aromatic rings. The lowest BCUT2D eigenvalue weighted by molar-refractivity contribution is 0.284. The summed E-state index contributed by atoms with van der Waals surface area (Å²) in [5.74, 6) is 1.45. The van der Waals surface area contributed by atoms with E-state index in [1.54, 1.807) is 19.5 Å². The van der Waals surface area contributed by atoms with E-state index < -0.39 is 0 Å². The Bertz CT molecular complexity index is 843. The van der Waals surface area contributed by atoms with Crippen LogP contribution in [0, 0.1) is 0 Å². The molecule has 140 valence electrons. The molecule has 0 atom stereocenters. The molecule has 0 aliphatic rings. The minimum Gasteiger partial charge on any atom is -0.493 e. The van der Waals surface area contributed by atoms with E-state index in [-0.39, 0.29) is 12.4 Å². The predicted molar refractivity (Wildman–Crippen MR) is 111 cm³/mol. The highest BCUT2D eigenvalue weighted by Gasteiger charge is 2.06. The number of hydrazone groups is 1. The SMILES string of the molecule is COc1cc(CC=NNc2ccncc2)ccc1OCc1ccccc1.Cl. The lowest BCUT2D eigenvalue weighted by atomic mass is 10.1. The first kappa shape index (κ1) is 20.3. The molecular formula is C21H22ClN3O2. The van der Waals surface area contributed by atoms with Gasteiger partial charge in [-0.15, -0.1) is 12.4 Å². The van der Waals surface area contributed by atoms with Crippen LogP contribution < -0.4 is 14.9 Å². The maximum absolute atomic E-state index is 5.88. The minimum atomic E-state index is 0. The van der Waals surface area contributed by atoms with E-state index in [1.165, 1.54) is 0 Å². The van der Waals surface area contributed by atoms with Gasteiger partial charge in [0.25, 0.3) is 0 Å². The fourth-order valence-electron chi connectivity index (χ4n) is 2.39. The van der Waals surface area contributed by atoms with Gasteiger partial charge in [-0.05, 0) is 35.4 Å². The van der Waals surface area contributed by atoms with Gasteiger partial charge in [0, 0.05) is 25.0 Å². The van der Waals surface area contributed by atoms with E-state index in [2.05, 4.69) is 15.5 Å². The lowest BCUT2D eigenvalue weighted by Gasteiger charge is -2.12. The topological polar surface area (TPSA) is 55.7 Å². The first-order chi connectivity index (χ1) is 12.8. The highest BCUT2D eigenvalue weighted by Crippen LogP contribution is 2.28. The van der Waals surface area contributed by atoms with Crippen LogP contribution in [-0.4, -0.2) is 18.3 Å². The summed E-state index contributed by atoms with van der Waals surface area (Å²) >= 11 is 0. The van der Waals surface area contributed by atoms with E-state index >= 15 is 0 Å². The molecular weight excluding hydrogens is 362 g/mol. The van der Waals surface area contributed by atoms with Crippen molar-refractivity contribution in [3.63, 3.8) is 0 Å². The number of nitrogens with zero attached hydrogens (tertiary/aromatic N) is 2. The first-order valence-corrected chi connectivity index (χ1v) is 8.36. The average molecular weight is 384 g/mol. The van der Waals surface area contributed by atoms with Crippen molar-refractivity contribution in [3.8, 4) is 11.5 Å². The van der Waals surface area contributed by atoms with Gasteiger partial charge in [0.15, 0.2) is 11.5 Å². The molecule has 0 unspecified atom stereocenters. The van der Waals surface area contributed by atoms with Gasteiger partial charge in [0.05, 0.1) is 12.8 Å². The Morgan fingerprint density at radius 1 is 0.963 bits per heavy atom. The third kappa shape index (κ3) is 6.31. The number of rotatable bonds is 8. The molecule has 6 heteroatoms. The average Bonchev–Trinajstić information content (AvgIpc) is 2.71. The van der Waals surface area contributed by atoms with Gasteiger partial charge in [-0.1, -0.05) is 36.4 Å². The van der Waals surface area contributed by atoms with Gasteiger partial charge in [-0.3, -0.25) is 10.4 Å². The van der Waals surface area contributed by atoms with Crippen molar-refractivity contribution >= 4 is 24.3 Å². The van der Waals surface area contributed by atoms with Crippen molar-refractivity contribution in [3.05, 3.63) is 84.2 Å². The number of hydrogen-bond donors (Lipinski definition) is 1. The molecule has 0 saturated carbocycles. The molecule has 1 heterocycles. The molecule has 3 rings (SSSR count). The van der Waals surface area contributed by atoms with Crippen molar-refractivity contribution in [1.29, 1.82) is 0 Å². The summed E-state index contributed by atoms with van der Waals surface area (Å²) in [6, 6.07) is 19.7. The van der Waals surface area contributed by atoms with Crippen molar-refractivity contribution < 1.29 is 9.47 Å². The zero-order chi connectivity index (χ0) is 18.0. The second-order valence-electron chi connectivity index (χ2n) is 5.62. The van der Waals surface area contributed by atoms with Crippen molar-refractivity contribution in [2.75, 3.05) is 12.5 Å². The van der Waals surface area contributed by atoms with Crippen LogP contribution >= 0.6 is 12.4 Å². The smallest absolute Gasteiger partial charge is 0.161 e. The van der Waals surface area contributed by atoms with E-state index in [0.29, 0.717) is 18.8 Å². The maximum Gasteiger partial charge on any atom is 0.161 e. The van der Waals surface area contributed by atoms with Crippen LogP contribution in [0.2, 0.25) is 0 Å². The summed E-state index contributed by atoms with van der Waals surface area (Å²) in [6.45, 7) is 0.508. The number of pyridine rings is 1. The Hall–Kier alpha value is -3.05. The number of hydrogen-bond acceptors (Lipinski definition) is 5. The quantitative estimate of drug-likeness (QED) is 0.451. The second-order valence-corrected chi connectivity index (χ2v) is 5.62. The summed E-state index contributed by atoms with van der Waals surface area (Å²) in [7, 11) is 1.65.